The standard InChI is InChI=1S/C13H15N4O/c1-17-9-12(8-16-17)10-3-2-4-11(7-10)13(18)15-6-5-14/h3-4,7-9H,5-6,14H2,1H3,(H,15,18). The molecule has 0 unspecified atom stereocenters. The summed E-state index contributed by atoms with van der Waals surface area (Å²) in [6.07, 6.45) is 3.65. The van der Waals surface area contributed by atoms with E-state index >= 15 is 0 Å². The summed E-state index contributed by atoms with van der Waals surface area (Å²) in [4.78, 5) is 11.8. The molecule has 5 heteroatoms. The minimum absolute atomic E-state index is 0.137. The van der Waals surface area contributed by atoms with Gasteiger partial charge in [-0.2, -0.15) is 5.10 Å². The summed E-state index contributed by atoms with van der Waals surface area (Å²) in [5.41, 5.74) is 7.80. The first kappa shape index (κ1) is 12.3. The van der Waals surface area contributed by atoms with E-state index in [4.69, 9.17) is 5.73 Å². The summed E-state index contributed by atoms with van der Waals surface area (Å²) < 4.78 is 1.72. The molecule has 0 bridgehead atoms. The Morgan fingerprint density at radius 2 is 2.33 bits per heavy atom. The second kappa shape index (κ2) is 5.46. The Hall–Kier alpha value is -2.14. The van der Waals surface area contributed by atoms with Crippen LogP contribution in [0.3, 0.4) is 0 Å². The number of nitrogens with zero attached hydrogens (tertiary/aromatic N) is 2. The molecular weight excluding hydrogens is 228 g/mol. The SMILES string of the molecule is Cn1cc(-c2c[c]cc(C(=O)NCCN)c2)cn1. The fourth-order valence-electron chi connectivity index (χ4n) is 1.63. The van der Waals surface area contributed by atoms with Crippen molar-refractivity contribution in [3.8, 4) is 11.1 Å². The molecule has 93 valence electrons. The van der Waals surface area contributed by atoms with Crippen molar-refractivity contribution in [2.75, 3.05) is 13.1 Å². The van der Waals surface area contributed by atoms with E-state index in [-0.39, 0.29) is 5.91 Å². The summed E-state index contributed by atoms with van der Waals surface area (Å²) in [6.45, 7) is 0.897. The zero-order valence-corrected chi connectivity index (χ0v) is 10.2. The van der Waals surface area contributed by atoms with Gasteiger partial charge >= 0.3 is 0 Å². The number of hydrogen-bond acceptors (Lipinski definition) is 3. The molecule has 1 aromatic heterocycles. The van der Waals surface area contributed by atoms with Crippen molar-refractivity contribution in [2.45, 2.75) is 0 Å². The van der Waals surface area contributed by atoms with E-state index in [1.807, 2.05) is 25.4 Å². The van der Waals surface area contributed by atoms with Gasteiger partial charge in [0.25, 0.3) is 5.91 Å². The number of benzene rings is 1. The highest BCUT2D eigenvalue weighted by atomic mass is 16.1. The number of amides is 1. The van der Waals surface area contributed by atoms with Gasteiger partial charge in [0, 0.05) is 37.5 Å². The maximum atomic E-state index is 11.8. The molecule has 1 aromatic carbocycles. The molecule has 2 rings (SSSR count). The molecule has 0 saturated heterocycles. The molecule has 3 N–H and O–H groups in total. The molecule has 1 heterocycles. The Bertz CT molecular complexity index is 547. The second-order valence-electron chi connectivity index (χ2n) is 3.96. The molecule has 0 aliphatic rings. The average Bonchev–Trinajstić information content (AvgIpc) is 2.83. The summed E-state index contributed by atoms with van der Waals surface area (Å²) in [7, 11) is 1.85. The maximum Gasteiger partial charge on any atom is 0.251 e. The number of aromatic nitrogens is 2. The van der Waals surface area contributed by atoms with Crippen LogP contribution < -0.4 is 11.1 Å². The van der Waals surface area contributed by atoms with Gasteiger partial charge < -0.3 is 11.1 Å². The first-order valence-electron chi connectivity index (χ1n) is 5.69. The van der Waals surface area contributed by atoms with Crippen LogP contribution in [0.2, 0.25) is 0 Å². The van der Waals surface area contributed by atoms with Gasteiger partial charge in [0.1, 0.15) is 0 Å². The summed E-state index contributed by atoms with van der Waals surface area (Å²) in [5, 5.41) is 6.83. The van der Waals surface area contributed by atoms with Gasteiger partial charge in [-0.05, 0) is 29.8 Å². The second-order valence-corrected chi connectivity index (χ2v) is 3.96. The van der Waals surface area contributed by atoms with E-state index in [0.29, 0.717) is 18.7 Å². The number of hydrogen-bond donors (Lipinski definition) is 2. The highest BCUT2D eigenvalue weighted by Crippen LogP contribution is 2.19. The van der Waals surface area contributed by atoms with Crippen molar-refractivity contribution in [1.82, 2.24) is 15.1 Å². The lowest BCUT2D eigenvalue weighted by Gasteiger charge is -2.04. The van der Waals surface area contributed by atoms with Crippen LogP contribution in [0.1, 0.15) is 10.4 Å². The van der Waals surface area contributed by atoms with Gasteiger partial charge in [-0.3, -0.25) is 9.48 Å². The number of rotatable bonds is 4. The molecule has 0 spiro atoms. The van der Waals surface area contributed by atoms with Crippen LogP contribution in [0, 0.1) is 6.07 Å². The van der Waals surface area contributed by atoms with E-state index in [0.717, 1.165) is 11.1 Å². The Morgan fingerprint density at radius 1 is 1.50 bits per heavy atom. The van der Waals surface area contributed by atoms with E-state index < -0.39 is 0 Å². The van der Waals surface area contributed by atoms with Crippen LogP contribution in [0.15, 0.2) is 30.6 Å². The minimum atomic E-state index is -0.137. The third-order valence-electron chi connectivity index (χ3n) is 2.52. The third-order valence-corrected chi connectivity index (χ3v) is 2.52. The number of nitrogens with one attached hydrogen (secondary N) is 1. The topological polar surface area (TPSA) is 72.9 Å². The molecule has 2 aromatic rings. The molecule has 0 atom stereocenters. The van der Waals surface area contributed by atoms with Crippen molar-refractivity contribution >= 4 is 5.91 Å². The number of carbonyl (C=O) groups is 1. The summed E-state index contributed by atoms with van der Waals surface area (Å²) in [6, 6.07) is 8.27. The molecule has 0 aliphatic heterocycles. The van der Waals surface area contributed by atoms with Crippen molar-refractivity contribution < 1.29 is 4.79 Å². The monoisotopic (exact) mass is 243 g/mol. The molecule has 0 saturated carbocycles. The van der Waals surface area contributed by atoms with Gasteiger partial charge in [0.15, 0.2) is 0 Å². The van der Waals surface area contributed by atoms with E-state index in [1.54, 1.807) is 16.9 Å². The number of nitrogens with two attached hydrogens (primary N) is 1. The summed E-state index contributed by atoms with van der Waals surface area (Å²) >= 11 is 0. The molecule has 1 amide bonds. The van der Waals surface area contributed by atoms with Crippen LogP contribution in [0.4, 0.5) is 0 Å². The zero-order chi connectivity index (χ0) is 13.0. The Kier molecular flexibility index (Phi) is 3.74. The smallest absolute Gasteiger partial charge is 0.251 e. The number of carbonyl (C=O) groups excluding carboxylic acids is 1. The van der Waals surface area contributed by atoms with Crippen LogP contribution >= 0.6 is 0 Å². The summed E-state index contributed by atoms with van der Waals surface area (Å²) in [5.74, 6) is -0.137. The van der Waals surface area contributed by atoms with Gasteiger partial charge in [-0.25, -0.2) is 0 Å². The largest absolute Gasteiger partial charge is 0.351 e. The first-order chi connectivity index (χ1) is 8.70. The minimum Gasteiger partial charge on any atom is -0.351 e. The molecular formula is C13H15N4O. The van der Waals surface area contributed by atoms with E-state index in [2.05, 4.69) is 16.5 Å². The molecule has 0 aliphatic carbocycles. The van der Waals surface area contributed by atoms with Crippen molar-refractivity contribution in [3.05, 3.63) is 42.2 Å². The van der Waals surface area contributed by atoms with Crippen LogP contribution in [0.5, 0.6) is 0 Å². The highest BCUT2D eigenvalue weighted by Gasteiger charge is 2.07. The third kappa shape index (κ3) is 2.75. The molecule has 5 nitrogen and oxygen atoms in total. The van der Waals surface area contributed by atoms with Crippen LogP contribution in [0.25, 0.3) is 11.1 Å². The van der Waals surface area contributed by atoms with Gasteiger partial charge in [0.05, 0.1) is 6.20 Å². The Labute approximate surface area is 106 Å². The van der Waals surface area contributed by atoms with E-state index in [1.165, 1.54) is 0 Å². The Balaban J connectivity index is 2.22. The predicted molar refractivity (Wildman–Crippen MR) is 68.9 cm³/mol. The molecule has 18 heavy (non-hydrogen) atoms. The maximum absolute atomic E-state index is 11.8. The fourth-order valence-corrected chi connectivity index (χ4v) is 1.63. The van der Waals surface area contributed by atoms with Gasteiger partial charge in [-0.1, -0.05) is 0 Å². The molecule has 0 fully saturated rings. The lowest BCUT2D eigenvalue weighted by atomic mass is 10.1. The van der Waals surface area contributed by atoms with Crippen molar-refractivity contribution in [2.24, 2.45) is 12.8 Å². The average molecular weight is 243 g/mol. The van der Waals surface area contributed by atoms with Crippen molar-refractivity contribution in [3.63, 3.8) is 0 Å². The molecule has 1 radical (unpaired) electrons. The zero-order valence-electron chi connectivity index (χ0n) is 10.2. The van der Waals surface area contributed by atoms with Crippen LogP contribution in [-0.2, 0) is 7.05 Å². The Morgan fingerprint density at radius 3 is 3.00 bits per heavy atom. The number of aryl methyl sites for hydroxylation is 1. The van der Waals surface area contributed by atoms with Crippen molar-refractivity contribution in [1.29, 1.82) is 0 Å². The van der Waals surface area contributed by atoms with Gasteiger partial charge in [0.2, 0.25) is 0 Å². The van der Waals surface area contributed by atoms with Gasteiger partial charge in [-0.15, -0.1) is 0 Å². The highest BCUT2D eigenvalue weighted by molar-refractivity contribution is 5.95. The fraction of sp³-hybridized carbons (Fsp3) is 0.231. The normalized spacial score (nSPS) is 10.3. The predicted octanol–water partition coefficient (Wildman–Crippen LogP) is 0.576. The quantitative estimate of drug-likeness (QED) is 0.824. The van der Waals surface area contributed by atoms with E-state index in [9.17, 15) is 4.79 Å². The van der Waals surface area contributed by atoms with Crippen LogP contribution in [-0.4, -0.2) is 28.8 Å². The first-order valence-corrected chi connectivity index (χ1v) is 5.69. The lowest BCUT2D eigenvalue weighted by Crippen LogP contribution is -2.28. The lowest BCUT2D eigenvalue weighted by molar-refractivity contribution is 0.0955.